The Balaban J connectivity index is 0.00000225. The smallest absolute Gasteiger partial charge is 0.321 e. The molecule has 0 radical (unpaired) electrons. The van der Waals surface area contributed by atoms with Gasteiger partial charge in [0.25, 0.3) is 0 Å². The highest BCUT2D eigenvalue weighted by Gasteiger charge is 2.22. The van der Waals surface area contributed by atoms with Crippen molar-refractivity contribution in [2.75, 3.05) is 36.4 Å². The molecule has 2 N–H and O–H groups in total. The molecule has 134 valence electrons. The number of urea groups is 1. The van der Waals surface area contributed by atoms with Gasteiger partial charge in [0.1, 0.15) is 5.75 Å². The topological polar surface area (TPSA) is 55.8 Å². The van der Waals surface area contributed by atoms with Gasteiger partial charge >= 0.3 is 6.03 Å². The molecule has 6 heteroatoms. The quantitative estimate of drug-likeness (QED) is 0.855. The molecule has 5 nitrogen and oxygen atoms in total. The number of aromatic hydroxyl groups is 1. The number of carbonyl (C=O) groups is 1. The van der Waals surface area contributed by atoms with Crippen LogP contribution >= 0.6 is 12.4 Å². The molecule has 2 aromatic rings. The van der Waals surface area contributed by atoms with Crippen LogP contribution in [0.15, 0.2) is 42.5 Å². The highest BCUT2D eigenvalue weighted by Crippen LogP contribution is 2.24. The van der Waals surface area contributed by atoms with Gasteiger partial charge in [-0.05, 0) is 43.2 Å². The van der Waals surface area contributed by atoms with Crippen LogP contribution in [0.4, 0.5) is 16.2 Å². The van der Waals surface area contributed by atoms with Gasteiger partial charge in [0, 0.05) is 43.6 Å². The Morgan fingerprint density at radius 1 is 1.04 bits per heavy atom. The van der Waals surface area contributed by atoms with Crippen molar-refractivity contribution < 1.29 is 9.90 Å². The van der Waals surface area contributed by atoms with E-state index in [4.69, 9.17) is 0 Å². The van der Waals surface area contributed by atoms with Crippen molar-refractivity contribution in [2.24, 2.45) is 0 Å². The molecule has 2 amide bonds. The molecule has 0 aliphatic carbocycles. The zero-order valence-electron chi connectivity index (χ0n) is 14.5. The maximum atomic E-state index is 12.4. The van der Waals surface area contributed by atoms with E-state index in [1.165, 1.54) is 16.8 Å². The first kappa shape index (κ1) is 18.9. The van der Waals surface area contributed by atoms with Gasteiger partial charge in [0.15, 0.2) is 0 Å². The molecule has 1 aliphatic heterocycles. The number of amides is 2. The van der Waals surface area contributed by atoms with Gasteiger partial charge in [-0.25, -0.2) is 4.79 Å². The lowest BCUT2D eigenvalue weighted by Crippen LogP contribution is -2.50. The van der Waals surface area contributed by atoms with E-state index in [-0.39, 0.29) is 24.2 Å². The molecule has 3 rings (SSSR count). The predicted octanol–water partition coefficient (Wildman–Crippen LogP) is 3.78. The molecule has 1 fully saturated rings. The number of aryl methyl sites for hydroxylation is 1. The fourth-order valence-corrected chi connectivity index (χ4v) is 3.01. The van der Waals surface area contributed by atoms with Crippen LogP contribution in [0.2, 0.25) is 0 Å². The second-order valence-corrected chi connectivity index (χ2v) is 6.17. The molecule has 1 aliphatic rings. The fourth-order valence-electron chi connectivity index (χ4n) is 3.01. The summed E-state index contributed by atoms with van der Waals surface area (Å²) in [6, 6.07) is 12.8. The first-order valence-corrected chi connectivity index (χ1v) is 8.21. The van der Waals surface area contributed by atoms with E-state index in [0.717, 1.165) is 13.1 Å². The van der Waals surface area contributed by atoms with Crippen molar-refractivity contribution in [3.05, 3.63) is 53.6 Å². The minimum absolute atomic E-state index is 0. The fraction of sp³-hybridized carbons (Fsp3) is 0.316. The third-order valence-electron chi connectivity index (χ3n) is 4.58. The van der Waals surface area contributed by atoms with Crippen molar-refractivity contribution >= 4 is 29.8 Å². The molecule has 1 saturated heterocycles. The van der Waals surface area contributed by atoms with E-state index in [9.17, 15) is 9.90 Å². The average Bonchev–Trinajstić information content (AvgIpc) is 2.57. The second kappa shape index (κ2) is 8.12. The van der Waals surface area contributed by atoms with Crippen molar-refractivity contribution in [1.29, 1.82) is 0 Å². The molecular weight excluding hydrogens is 338 g/mol. The number of nitrogens with zero attached hydrogens (tertiary/aromatic N) is 2. The number of anilines is 2. The molecule has 0 bridgehead atoms. The number of phenols is 1. The van der Waals surface area contributed by atoms with Crippen LogP contribution in [0.25, 0.3) is 0 Å². The minimum atomic E-state index is -0.124. The first-order valence-electron chi connectivity index (χ1n) is 8.21. The Kier molecular flexibility index (Phi) is 6.15. The Morgan fingerprint density at radius 2 is 1.72 bits per heavy atom. The molecule has 1 heterocycles. The largest absolute Gasteiger partial charge is 0.508 e. The van der Waals surface area contributed by atoms with Crippen LogP contribution in [-0.4, -0.2) is 42.2 Å². The van der Waals surface area contributed by atoms with Gasteiger partial charge in [0.05, 0.1) is 0 Å². The molecule has 0 unspecified atom stereocenters. The van der Waals surface area contributed by atoms with E-state index in [0.29, 0.717) is 18.8 Å². The summed E-state index contributed by atoms with van der Waals surface area (Å²) in [5, 5.41) is 12.3. The van der Waals surface area contributed by atoms with Crippen molar-refractivity contribution in [2.45, 2.75) is 13.8 Å². The number of halogens is 1. The number of hydrogen-bond donors (Lipinski definition) is 2. The summed E-state index contributed by atoms with van der Waals surface area (Å²) in [5.74, 6) is 0.146. The molecular formula is C19H24ClN3O2. The lowest BCUT2D eigenvalue weighted by Gasteiger charge is -2.37. The maximum Gasteiger partial charge on any atom is 0.321 e. The lowest BCUT2D eigenvalue weighted by molar-refractivity contribution is 0.208. The van der Waals surface area contributed by atoms with E-state index in [1.54, 1.807) is 24.3 Å². The van der Waals surface area contributed by atoms with Crippen molar-refractivity contribution in [3.8, 4) is 5.75 Å². The maximum absolute atomic E-state index is 12.4. The third kappa shape index (κ3) is 4.37. The standard InChI is InChI=1S/C19H23N3O2.ClH/c1-14-5-3-8-18(15(14)2)21-9-11-22(12-10-21)19(24)20-16-6-4-7-17(23)13-16;/h3-8,13,23H,9-12H2,1-2H3,(H,20,24);1H. The molecule has 25 heavy (non-hydrogen) atoms. The number of phenolic OH excluding ortho intramolecular Hbond substituents is 1. The van der Waals surface area contributed by atoms with E-state index in [2.05, 4.69) is 42.3 Å². The second-order valence-electron chi connectivity index (χ2n) is 6.17. The van der Waals surface area contributed by atoms with Gasteiger partial charge < -0.3 is 20.2 Å². The van der Waals surface area contributed by atoms with Crippen LogP contribution in [0.5, 0.6) is 5.75 Å². The van der Waals surface area contributed by atoms with E-state index in [1.807, 2.05) is 4.90 Å². The summed E-state index contributed by atoms with van der Waals surface area (Å²) >= 11 is 0. The molecule has 0 saturated carbocycles. The van der Waals surface area contributed by atoms with Gasteiger partial charge in [0.2, 0.25) is 0 Å². The number of rotatable bonds is 2. The van der Waals surface area contributed by atoms with Gasteiger partial charge in [-0.15, -0.1) is 12.4 Å². The van der Waals surface area contributed by atoms with Crippen molar-refractivity contribution in [3.63, 3.8) is 0 Å². The zero-order chi connectivity index (χ0) is 17.1. The van der Waals surface area contributed by atoms with Crippen LogP contribution in [0, 0.1) is 13.8 Å². The highest BCUT2D eigenvalue weighted by molar-refractivity contribution is 5.89. The van der Waals surface area contributed by atoms with Gasteiger partial charge in [-0.1, -0.05) is 18.2 Å². The van der Waals surface area contributed by atoms with Crippen molar-refractivity contribution in [1.82, 2.24) is 4.90 Å². The average molecular weight is 362 g/mol. The number of benzene rings is 2. The molecule has 0 spiro atoms. The monoisotopic (exact) mass is 361 g/mol. The SMILES string of the molecule is Cc1cccc(N2CCN(C(=O)Nc3cccc(O)c3)CC2)c1C.Cl. The predicted molar refractivity (Wildman–Crippen MR) is 104 cm³/mol. The Hall–Kier alpha value is -2.40. The minimum Gasteiger partial charge on any atom is -0.508 e. The van der Waals surface area contributed by atoms with E-state index < -0.39 is 0 Å². The van der Waals surface area contributed by atoms with Crippen LogP contribution in [-0.2, 0) is 0 Å². The van der Waals surface area contributed by atoms with Crippen LogP contribution in [0.3, 0.4) is 0 Å². The molecule has 2 aromatic carbocycles. The number of piperazine rings is 1. The zero-order valence-corrected chi connectivity index (χ0v) is 15.3. The molecule has 0 atom stereocenters. The summed E-state index contributed by atoms with van der Waals surface area (Å²) in [5.41, 5.74) is 4.45. The third-order valence-corrected chi connectivity index (χ3v) is 4.58. The number of hydrogen-bond acceptors (Lipinski definition) is 3. The molecule has 0 aromatic heterocycles. The summed E-state index contributed by atoms with van der Waals surface area (Å²) in [7, 11) is 0. The van der Waals surface area contributed by atoms with Crippen LogP contribution in [0.1, 0.15) is 11.1 Å². The highest BCUT2D eigenvalue weighted by atomic mass is 35.5. The Labute approximate surface area is 154 Å². The van der Waals surface area contributed by atoms with Gasteiger partial charge in [-0.3, -0.25) is 0 Å². The lowest BCUT2D eigenvalue weighted by atomic mass is 10.1. The van der Waals surface area contributed by atoms with E-state index >= 15 is 0 Å². The summed E-state index contributed by atoms with van der Waals surface area (Å²) in [6.45, 7) is 7.26. The Bertz CT molecular complexity index is 743. The Morgan fingerprint density at radius 3 is 2.40 bits per heavy atom. The van der Waals surface area contributed by atoms with Crippen LogP contribution < -0.4 is 10.2 Å². The number of nitrogens with one attached hydrogen (secondary N) is 1. The summed E-state index contributed by atoms with van der Waals surface area (Å²) in [6.07, 6.45) is 0. The first-order chi connectivity index (χ1) is 11.5. The number of carbonyl (C=O) groups excluding carboxylic acids is 1. The summed E-state index contributed by atoms with van der Waals surface area (Å²) < 4.78 is 0. The summed E-state index contributed by atoms with van der Waals surface area (Å²) in [4.78, 5) is 16.5. The van der Waals surface area contributed by atoms with Gasteiger partial charge in [-0.2, -0.15) is 0 Å². The normalized spacial score (nSPS) is 14.0.